The number of carbonyl (C=O) groups is 1. The van der Waals surface area contributed by atoms with Crippen LogP contribution in [0.5, 0.6) is 5.88 Å². The average molecular weight is 313 g/mol. The van der Waals surface area contributed by atoms with Crippen molar-refractivity contribution in [3.05, 3.63) is 52.3 Å². The second-order valence-electron chi connectivity index (χ2n) is 4.77. The summed E-state index contributed by atoms with van der Waals surface area (Å²) in [5, 5.41) is 2.66. The molecule has 3 aromatic heterocycles. The van der Waals surface area contributed by atoms with Gasteiger partial charge in [-0.3, -0.25) is 9.59 Å². The second kappa shape index (κ2) is 6.30. The molecule has 0 fully saturated rings. The average Bonchev–Trinajstić information content (AvgIpc) is 3.07. The maximum absolute atomic E-state index is 12.5. The Morgan fingerprint density at radius 1 is 1.35 bits per heavy atom. The molecule has 1 amide bonds. The van der Waals surface area contributed by atoms with Crippen molar-refractivity contribution in [1.82, 2.24) is 25.3 Å². The lowest BCUT2D eigenvalue weighted by atomic mass is 10.2. The summed E-state index contributed by atoms with van der Waals surface area (Å²) in [6, 6.07) is 3.36. The van der Waals surface area contributed by atoms with E-state index in [1.807, 2.05) is 6.92 Å². The highest BCUT2D eigenvalue weighted by Gasteiger charge is 2.14. The zero-order chi connectivity index (χ0) is 16.2. The Bertz CT molecular complexity index is 886. The number of fused-ring (bicyclic) bond motifs is 1. The lowest BCUT2D eigenvalue weighted by Crippen LogP contribution is -2.28. The Kier molecular flexibility index (Phi) is 4.05. The first-order valence-corrected chi connectivity index (χ1v) is 7.09. The van der Waals surface area contributed by atoms with Crippen LogP contribution in [-0.4, -0.2) is 32.4 Å². The number of nitrogens with one attached hydrogen (secondary N) is 3. The predicted molar refractivity (Wildman–Crippen MR) is 83.3 cm³/mol. The van der Waals surface area contributed by atoms with Crippen LogP contribution in [0.3, 0.4) is 0 Å². The first-order valence-electron chi connectivity index (χ1n) is 7.09. The Hall–Kier alpha value is -3.16. The van der Waals surface area contributed by atoms with Gasteiger partial charge in [-0.25, -0.2) is 9.97 Å². The van der Waals surface area contributed by atoms with E-state index in [2.05, 4.69) is 25.3 Å². The number of hydrogen-bond donors (Lipinski definition) is 3. The number of ether oxygens (including phenoxy) is 1. The van der Waals surface area contributed by atoms with E-state index in [0.29, 0.717) is 18.0 Å². The summed E-state index contributed by atoms with van der Waals surface area (Å²) in [6.07, 6.45) is 4.50. The normalized spacial score (nSPS) is 10.7. The summed E-state index contributed by atoms with van der Waals surface area (Å²) in [7, 11) is 0. The third-order valence-corrected chi connectivity index (χ3v) is 3.23. The summed E-state index contributed by atoms with van der Waals surface area (Å²) in [4.78, 5) is 38.4. The summed E-state index contributed by atoms with van der Waals surface area (Å²) in [5.41, 5.74) is 1.02. The van der Waals surface area contributed by atoms with E-state index in [0.717, 1.165) is 5.69 Å². The molecule has 0 bridgehead atoms. The van der Waals surface area contributed by atoms with Crippen LogP contribution < -0.4 is 15.5 Å². The summed E-state index contributed by atoms with van der Waals surface area (Å²) in [5.74, 6) is -0.133. The van der Waals surface area contributed by atoms with E-state index in [-0.39, 0.29) is 17.6 Å². The van der Waals surface area contributed by atoms with Gasteiger partial charge in [0, 0.05) is 18.5 Å². The van der Waals surface area contributed by atoms with Crippen molar-refractivity contribution < 1.29 is 9.53 Å². The van der Waals surface area contributed by atoms with Crippen LogP contribution in [0.15, 0.2) is 35.6 Å². The molecule has 0 spiro atoms. The van der Waals surface area contributed by atoms with Crippen molar-refractivity contribution >= 4 is 16.9 Å². The van der Waals surface area contributed by atoms with Crippen molar-refractivity contribution in [3.8, 4) is 5.88 Å². The molecular weight excluding hydrogens is 298 g/mol. The zero-order valence-electron chi connectivity index (χ0n) is 12.4. The van der Waals surface area contributed by atoms with Gasteiger partial charge in [-0.15, -0.1) is 0 Å². The van der Waals surface area contributed by atoms with Crippen LogP contribution in [0.4, 0.5) is 0 Å². The van der Waals surface area contributed by atoms with E-state index in [9.17, 15) is 9.59 Å². The number of carbonyl (C=O) groups excluding carboxylic acids is 1. The summed E-state index contributed by atoms with van der Waals surface area (Å²) < 4.78 is 5.29. The highest BCUT2D eigenvalue weighted by Crippen LogP contribution is 2.12. The van der Waals surface area contributed by atoms with Crippen LogP contribution >= 0.6 is 0 Å². The van der Waals surface area contributed by atoms with Gasteiger partial charge in [0.25, 0.3) is 5.91 Å². The standard InChI is InChI=1S/C15H15N5O3/c1-2-23-12-4-3-11-13(20-12)14(21)10(7-17-11)15(22)18-6-9-5-16-8-19-9/h3-5,7-8H,2,6H2,1H3,(H,16,19)(H,17,21)(H,18,22). The molecule has 0 aromatic carbocycles. The van der Waals surface area contributed by atoms with Crippen molar-refractivity contribution in [2.45, 2.75) is 13.5 Å². The Morgan fingerprint density at radius 3 is 2.96 bits per heavy atom. The fourth-order valence-electron chi connectivity index (χ4n) is 2.12. The SMILES string of the molecule is CCOc1ccc2[nH]cc(C(=O)NCc3cnc[nH]3)c(=O)c2n1. The van der Waals surface area contributed by atoms with Crippen LogP contribution in [0.25, 0.3) is 11.0 Å². The lowest BCUT2D eigenvalue weighted by Gasteiger charge is -2.06. The smallest absolute Gasteiger partial charge is 0.257 e. The lowest BCUT2D eigenvalue weighted by molar-refractivity contribution is 0.0949. The molecule has 0 radical (unpaired) electrons. The van der Waals surface area contributed by atoms with Gasteiger partial charge in [0.2, 0.25) is 11.3 Å². The molecule has 118 valence electrons. The number of H-pyrrole nitrogens is 2. The molecule has 8 nitrogen and oxygen atoms in total. The van der Waals surface area contributed by atoms with Crippen molar-refractivity contribution in [2.24, 2.45) is 0 Å². The minimum Gasteiger partial charge on any atom is -0.478 e. The number of pyridine rings is 2. The first kappa shape index (κ1) is 14.8. The number of aromatic nitrogens is 4. The van der Waals surface area contributed by atoms with E-state index in [4.69, 9.17) is 4.74 Å². The van der Waals surface area contributed by atoms with Gasteiger partial charge in [-0.1, -0.05) is 0 Å². The molecule has 0 aliphatic carbocycles. The number of aromatic amines is 2. The molecule has 23 heavy (non-hydrogen) atoms. The van der Waals surface area contributed by atoms with Crippen LogP contribution in [-0.2, 0) is 6.54 Å². The monoisotopic (exact) mass is 313 g/mol. The largest absolute Gasteiger partial charge is 0.478 e. The van der Waals surface area contributed by atoms with Gasteiger partial charge in [0.1, 0.15) is 11.1 Å². The summed E-state index contributed by atoms with van der Waals surface area (Å²) in [6.45, 7) is 2.53. The summed E-state index contributed by atoms with van der Waals surface area (Å²) >= 11 is 0. The molecule has 0 saturated carbocycles. The van der Waals surface area contributed by atoms with E-state index in [1.54, 1.807) is 18.3 Å². The van der Waals surface area contributed by atoms with Gasteiger partial charge >= 0.3 is 0 Å². The Balaban J connectivity index is 1.89. The second-order valence-corrected chi connectivity index (χ2v) is 4.77. The minimum absolute atomic E-state index is 0.00170. The zero-order valence-corrected chi connectivity index (χ0v) is 12.4. The topological polar surface area (TPSA) is 113 Å². The molecule has 0 aliphatic rings. The van der Waals surface area contributed by atoms with Crippen molar-refractivity contribution in [2.75, 3.05) is 6.61 Å². The van der Waals surface area contributed by atoms with E-state index in [1.165, 1.54) is 12.5 Å². The van der Waals surface area contributed by atoms with Gasteiger partial charge in [-0.2, -0.15) is 0 Å². The van der Waals surface area contributed by atoms with Crippen LogP contribution in [0, 0.1) is 0 Å². The molecule has 0 saturated heterocycles. The number of hydrogen-bond acceptors (Lipinski definition) is 5. The Labute approximate surface area is 130 Å². The van der Waals surface area contributed by atoms with Crippen LogP contribution in [0.1, 0.15) is 23.0 Å². The molecule has 3 N–H and O–H groups in total. The highest BCUT2D eigenvalue weighted by atomic mass is 16.5. The van der Waals surface area contributed by atoms with Gasteiger partial charge in [-0.05, 0) is 13.0 Å². The van der Waals surface area contributed by atoms with E-state index < -0.39 is 11.3 Å². The predicted octanol–water partition coefficient (Wildman–Crippen LogP) is 0.975. The maximum atomic E-state index is 12.5. The third kappa shape index (κ3) is 3.05. The maximum Gasteiger partial charge on any atom is 0.257 e. The fraction of sp³-hybridized carbons (Fsp3) is 0.200. The van der Waals surface area contributed by atoms with Crippen molar-refractivity contribution in [3.63, 3.8) is 0 Å². The van der Waals surface area contributed by atoms with Gasteiger partial charge in [0.05, 0.1) is 30.7 Å². The van der Waals surface area contributed by atoms with E-state index >= 15 is 0 Å². The molecule has 8 heteroatoms. The number of rotatable bonds is 5. The molecule has 0 aliphatic heterocycles. The first-order chi connectivity index (χ1) is 11.2. The number of nitrogens with zero attached hydrogens (tertiary/aromatic N) is 2. The third-order valence-electron chi connectivity index (χ3n) is 3.23. The molecule has 0 unspecified atom stereocenters. The number of imidazole rings is 1. The molecular formula is C15H15N5O3. The molecule has 3 aromatic rings. The molecule has 3 heterocycles. The van der Waals surface area contributed by atoms with Gasteiger partial charge in [0.15, 0.2) is 0 Å². The van der Waals surface area contributed by atoms with Crippen molar-refractivity contribution in [1.29, 1.82) is 0 Å². The number of amides is 1. The van der Waals surface area contributed by atoms with Gasteiger partial charge < -0.3 is 20.0 Å². The molecule has 3 rings (SSSR count). The Morgan fingerprint density at radius 2 is 2.22 bits per heavy atom. The molecule has 0 atom stereocenters. The van der Waals surface area contributed by atoms with Crippen LogP contribution in [0.2, 0.25) is 0 Å². The quantitative estimate of drug-likeness (QED) is 0.650. The fourth-order valence-corrected chi connectivity index (χ4v) is 2.12. The highest BCUT2D eigenvalue weighted by molar-refractivity contribution is 5.96. The minimum atomic E-state index is -0.480.